The largest absolute Gasteiger partial charge is 0.489 e. The Labute approximate surface area is 239 Å². The number of rotatable bonds is 10. The molecule has 3 aromatic rings. The van der Waals surface area contributed by atoms with Crippen LogP contribution < -0.4 is 4.74 Å². The van der Waals surface area contributed by atoms with Crippen molar-refractivity contribution in [3.05, 3.63) is 114 Å². The highest BCUT2D eigenvalue weighted by molar-refractivity contribution is 5.98. The van der Waals surface area contributed by atoms with Crippen LogP contribution in [0.4, 0.5) is 0 Å². The second-order valence-electron chi connectivity index (χ2n) is 11.9. The molecule has 1 aliphatic rings. The average molecular weight is 542 g/mol. The molecule has 0 fully saturated rings. The SMILES string of the molecule is CC(C)C1(O[SiH3])C(c2ccc(OCc3ccccc3)cc2)C=CN([C@H](C)c2ccccc2)C1(C(C)C)C(C)C. The van der Waals surface area contributed by atoms with Crippen LogP contribution in [0.25, 0.3) is 0 Å². The van der Waals surface area contributed by atoms with Crippen LogP contribution in [-0.4, -0.2) is 26.5 Å². The van der Waals surface area contributed by atoms with E-state index < -0.39 is 5.60 Å². The van der Waals surface area contributed by atoms with Crippen molar-refractivity contribution in [1.82, 2.24) is 4.90 Å². The highest BCUT2D eigenvalue weighted by Crippen LogP contribution is 2.58. The van der Waals surface area contributed by atoms with Gasteiger partial charge in [0.15, 0.2) is 0 Å². The van der Waals surface area contributed by atoms with Crippen molar-refractivity contribution < 1.29 is 9.16 Å². The molecule has 0 spiro atoms. The number of hydrogen-bond donors (Lipinski definition) is 0. The lowest BCUT2D eigenvalue weighted by molar-refractivity contribution is -0.177. The molecule has 0 aliphatic carbocycles. The highest BCUT2D eigenvalue weighted by atomic mass is 28.2. The minimum absolute atomic E-state index is 0.127. The van der Waals surface area contributed by atoms with Gasteiger partial charge in [0, 0.05) is 5.92 Å². The number of benzene rings is 3. The smallest absolute Gasteiger partial charge is 0.147 e. The summed E-state index contributed by atoms with van der Waals surface area (Å²) in [7, 11) is 0.661. The third-order valence-electron chi connectivity index (χ3n) is 9.10. The summed E-state index contributed by atoms with van der Waals surface area (Å²) in [5.41, 5.74) is 3.16. The van der Waals surface area contributed by atoms with Gasteiger partial charge in [0.2, 0.25) is 0 Å². The van der Waals surface area contributed by atoms with Gasteiger partial charge in [-0.2, -0.15) is 0 Å². The van der Waals surface area contributed by atoms with Crippen LogP contribution in [0.15, 0.2) is 97.2 Å². The molecule has 39 heavy (non-hydrogen) atoms. The molecule has 208 valence electrons. The predicted molar refractivity (Wildman–Crippen MR) is 167 cm³/mol. The molecule has 4 rings (SSSR count). The van der Waals surface area contributed by atoms with Crippen molar-refractivity contribution in [3.8, 4) is 5.75 Å². The second-order valence-corrected chi connectivity index (χ2v) is 12.4. The first-order valence-corrected chi connectivity index (χ1v) is 15.3. The van der Waals surface area contributed by atoms with E-state index in [1.807, 2.05) is 6.07 Å². The van der Waals surface area contributed by atoms with Gasteiger partial charge in [-0.15, -0.1) is 0 Å². The molecule has 0 amide bonds. The first-order valence-electron chi connectivity index (χ1n) is 14.5. The van der Waals surface area contributed by atoms with Gasteiger partial charge in [-0.1, -0.05) is 120 Å². The van der Waals surface area contributed by atoms with Crippen LogP contribution in [0, 0.1) is 17.8 Å². The van der Waals surface area contributed by atoms with Crippen molar-refractivity contribution in [1.29, 1.82) is 0 Å². The van der Waals surface area contributed by atoms with E-state index in [1.54, 1.807) is 0 Å². The fraction of sp³-hybridized carbons (Fsp3) is 0.429. The normalized spacial score (nSPS) is 21.6. The molecular formula is C35H47NO2Si. The summed E-state index contributed by atoms with van der Waals surface area (Å²) in [5.74, 6) is 2.04. The molecular weight excluding hydrogens is 494 g/mol. The summed E-state index contributed by atoms with van der Waals surface area (Å²) in [6.45, 7) is 17.2. The van der Waals surface area contributed by atoms with E-state index in [2.05, 4.69) is 145 Å². The Hall–Kier alpha value is -2.82. The van der Waals surface area contributed by atoms with Crippen LogP contribution >= 0.6 is 0 Å². The minimum Gasteiger partial charge on any atom is -0.489 e. The quantitative estimate of drug-likeness (QED) is 0.246. The van der Waals surface area contributed by atoms with Crippen LogP contribution in [0.1, 0.15) is 77.1 Å². The van der Waals surface area contributed by atoms with Crippen molar-refractivity contribution >= 4 is 10.5 Å². The summed E-state index contributed by atoms with van der Waals surface area (Å²) < 4.78 is 13.1. The first-order chi connectivity index (χ1) is 18.7. The Morgan fingerprint density at radius 2 is 1.31 bits per heavy atom. The standard InChI is InChI=1S/C35H47NO2Si/c1-25(2)34(26(3)4)35(38-39,27(5)6)33(22-23-36(34)28(7)30-16-12-9-13-17-30)31-18-20-32(21-19-31)37-24-29-14-10-8-11-15-29/h8-23,25-28,33H,24H2,1-7,39H3/t28-,33?,35?/m1/s1. The lowest BCUT2D eigenvalue weighted by Crippen LogP contribution is -2.74. The second kappa shape index (κ2) is 12.1. The third kappa shape index (κ3) is 5.09. The van der Waals surface area contributed by atoms with Crippen molar-refractivity contribution in [2.24, 2.45) is 17.8 Å². The maximum absolute atomic E-state index is 7.01. The fourth-order valence-electron chi connectivity index (χ4n) is 7.62. The Bertz CT molecular complexity index is 1200. The molecule has 3 aromatic carbocycles. The summed E-state index contributed by atoms with van der Waals surface area (Å²) in [5, 5.41) is 0. The molecule has 1 aliphatic heterocycles. The van der Waals surface area contributed by atoms with Crippen molar-refractivity contribution in [2.45, 2.75) is 78.2 Å². The van der Waals surface area contributed by atoms with Crippen LogP contribution in [0.2, 0.25) is 0 Å². The van der Waals surface area contributed by atoms with Crippen LogP contribution in [0.3, 0.4) is 0 Å². The zero-order valence-corrected chi connectivity index (χ0v) is 27.1. The Kier molecular flexibility index (Phi) is 9.08. The van der Waals surface area contributed by atoms with Gasteiger partial charge in [-0.05, 0) is 59.7 Å². The molecule has 0 N–H and O–H groups in total. The molecule has 4 heteroatoms. The minimum atomic E-state index is -0.397. The molecule has 3 nitrogen and oxygen atoms in total. The molecule has 1 heterocycles. The van der Waals surface area contributed by atoms with Crippen LogP contribution in [0.5, 0.6) is 5.75 Å². The molecule has 2 unspecified atom stereocenters. The van der Waals surface area contributed by atoms with E-state index in [4.69, 9.17) is 9.16 Å². The van der Waals surface area contributed by atoms with Gasteiger partial charge >= 0.3 is 0 Å². The van der Waals surface area contributed by atoms with E-state index >= 15 is 0 Å². The lowest BCUT2D eigenvalue weighted by atomic mass is 9.53. The Morgan fingerprint density at radius 1 is 0.744 bits per heavy atom. The summed E-state index contributed by atoms with van der Waals surface area (Å²) in [6, 6.07) is 30.2. The maximum Gasteiger partial charge on any atom is 0.147 e. The zero-order valence-electron chi connectivity index (χ0n) is 25.1. The van der Waals surface area contributed by atoms with E-state index in [-0.39, 0.29) is 17.5 Å². The highest BCUT2D eigenvalue weighted by Gasteiger charge is 2.64. The van der Waals surface area contributed by atoms with E-state index in [9.17, 15) is 0 Å². The molecule has 0 aromatic heterocycles. The summed E-state index contributed by atoms with van der Waals surface area (Å²) in [6.07, 6.45) is 4.78. The first kappa shape index (κ1) is 29.2. The maximum atomic E-state index is 7.01. The van der Waals surface area contributed by atoms with Gasteiger partial charge in [0.25, 0.3) is 0 Å². The van der Waals surface area contributed by atoms with Gasteiger partial charge in [0.05, 0.1) is 17.2 Å². The number of ether oxygens (including phenoxy) is 1. The van der Waals surface area contributed by atoms with Crippen molar-refractivity contribution in [2.75, 3.05) is 0 Å². The zero-order chi connectivity index (χ0) is 28.2. The third-order valence-corrected chi connectivity index (χ3v) is 9.77. The van der Waals surface area contributed by atoms with E-state index in [0.29, 0.717) is 34.8 Å². The number of hydrogen-bond acceptors (Lipinski definition) is 3. The summed E-state index contributed by atoms with van der Waals surface area (Å²) in [4.78, 5) is 2.64. The molecule has 0 saturated heterocycles. The average Bonchev–Trinajstić information content (AvgIpc) is 2.95. The molecule has 0 bridgehead atoms. The Morgan fingerprint density at radius 3 is 1.82 bits per heavy atom. The van der Waals surface area contributed by atoms with Crippen LogP contribution in [-0.2, 0) is 11.0 Å². The molecule has 0 radical (unpaired) electrons. The van der Waals surface area contributed by atoms with E-state index in [1.165, 1.54) is 16.7 Å². The van der Waals surface area contributed by atoms with E-state index in [0.717, 1.165) is 5.75 Å². The van der Waals surface area contributed by atoms with Gasteiger partial charge < -0.3 is 14.1 Å². The topological polar surface area (TPSA) is 21.7 Å². The van der Waals surface area contributed by atoms with Crippen molar-refractivity contribution in [3.63, 3.8) is 0 Å². The van der Waals surface area contributed by atoms with Gasteiger partial charge in [0.1, 0.15) is 22.8 Å². The fourth-order valence-corrected chi connectivity index (χ4v) is 8.67. The molecule has 0 saturated carbocycles. The summed E-state index contributed by atoms with van der Waals surface area (Å²) >= 11 is 0. The Balaban J connectivity index is 1.79. The lowest BCUT2D eigenvalue weighted by Gasteiger charge is -2.67. The monoisotopic (exact) mass is 541 g/mol. The number of nitrogens with zero attached hydrogens (tertiary/aromatic N) is 1. The molecule has 3 atom stereocenters. The van der Waals surface area contributed by atoms with Gasteiger partial charge in [-0.25, -0.2) is 0 Å². The van der Waals surface area contributed by atoms with Gasteiger partial charge in [-0.3, -0.25) is 0 Å². The predicted octanol–water partition coefficient (Wildman–Crippen LogP) is 7.68.